The predicted octanol–water partition coefficient (Wildman–Crippen LogP) is 4.47. The number of nitro benzene ring substituents is 1. The number of hydrogen-bond donors (Lipinski definition) is 0. The zero-order valence-electron chi connectivity index (χ0n) is 16.6. The molecule has 0 unspecified atom stereocenters. The van der Waals surface area contributed by atoms with Crippen LogP contribution in [0, 0.1) is 17.0 Å². The highest BCUT2D eigenvalue weighted by Gasteiger charge is 2.26. The maximum Gasteiger partial charge on any atom is 0.277 e. The summed E-state index contributed by atoms with van der Waals surface area (Å²) in [7, 11) is 1.71. The molecule has 0 fully saturated rings. The molecule has 0 saturated carbocycles. The van der Waals surface area contributed by atoms with Crippen LogP contribution < -0.4 is 4.74 Å². The van der Waals surface area contributed by atoms with Crippen LogP contribution in [-0.4, -0.2) is 27.1 Å². The molecule has 0 aliphatic carbocycles. The largest absolute Gasteiger partial charge is 0.477 e. The highest BCUT2D eigenvalue weighted by Crippen LogP contribution is 2.34. The van der Waals surface area contributed by atoms with Crippen molar-refractivity contribution in [1.29, 1.82) is 0 Å². The molecule has 1 aromatic heterocycles. The number of ether oxygens (including phenoxy) is 1. The van der Waals surface area contributed by atoms with Crippen LogP contribution in [0.4, 0.5) is 5.69 Å². The van der Waals surface area contributed by atoms with E-state index in [-0.39, 0.29) is 11.5 Å². The van der Waals surface area contributed by atoms with E-state index in [1.165, 1.54) is 23.0 Å². The van der Waals surface area contributed by atoms with E-state index in [9.17, 15) is 14.9 Å². The molecule has 1 aromatic carbocycles. The van der Waals surface area contributed by atoms with Gasteiger partial charge in [-0.1, -0.05) is 12.5 Å². The van der Waals surface area contributed by atoms with Gasteiger partial charge < -0.3 is 4.74 Å². The van der Waals surface area contributed by atoms with E-state index in [1.807, 2.05) is 27.7 Å². The van der Waals surface area contributed by atoms with Gasteiger partial charge in [0.25, 0.3) is 5.69 Å². The molecule has 0 radical (unpaired) electrons. The fraction of sp³-hybridized carbons (Fsp3) is 0.400. The van der Waals surface area contributed by atoms with E-state index in [1.54, 1.807) is 14.0 Å². The Morgan fingerprint density at radius 1 is 1.26 bits per heavy atom. The first-order chi connectivity index (χ1) is 12.7. The van der Waals surface area contributed by atoms with Crippen LogP contribution in [-0.2, 0) is 7.05 Å². The van der Waals surface area contributed by atoms with Crippen LogP contribution in [0.15, 0.2) is 23.9 Å². The van der Waals surface area contributed by atoms with Crippen LogP contribution in [0.5, 0.6) is 5.88 Å². The number of carbonyl (C=O) groups excluding carboxylic acids is 1. The van der Waals surface area contributed by atoms with Crippen molar-refractivity contribution in [3.8, 4) is 5.88 Å². The van der Waals surface area contributed by atoms with E-state index in [0.29, 0.717) is 34.7 Å². The van der Waals surface area contributed by atoms with Gasteiger partial charge in [-0.2, -0.15) is 5.10 Å². The van der Waals surface area contributed by atoms with Gasteiger partial charge in [0.2, 0.25) is 5.88 Å². The third kappa shape index (κ3) is 3.92. The summed E-state index contributed by atoms with van der Waals surface area (Å²) in [5, 5.41) is 15.6. The quantitative estimate of drug-likeness (QED) is 0.407. The Balaban J connectivity index is 2.64. The normalized spacial score (nSPS) is 10.6. The third-order valence-electron chi connectivity index (χ3n) is 4.58. The number of ketones is 1. The fourth-order valence-electron chi connectivity index (χ4n) is 2.92. The first-order valence-corrected chi connectivity index (χ1v) is 8.82. The first-order valence-electron chi connectivity index (χ1n) is 8.82. The molecule has 27 heavy (non-hydrogen) atoms. The number of nitro groups is 1. The van der Waals surface area contributed by atoms with Gasteiger partial charge in [0.05, 0.1) is 23.3 Å². The van der Waals surface area contributed by atoms with Crippen LogP contribution >= 0.6 is 0 Å². The lowest BCUT2D eigenvalue weighted by Crippen LogP contribution is -2.10. The number of aryl methyl sites for hydroxylation is 1. The van der Waals surface area contributed by atoms with E-state index < -0.39 is 4.92 Å². The van der Waals surface area contributed by atoms with Crippen LogP contribution in [0.1, 0.15) is 61.2 Å². The summed E-state index contributed by atoms with van der Waals surface area (Å²) in [6.45, 7) is 9.81. The molecule has 2 aromatic rings. The summed E-state index contributed by atoms with van der Waals surface area (Å²) >= 11 is 0. The summed E-state index contributed by atoms with van der Waals surface area (Å²) in [5.41, 5.74) is 3.58. The third-order valence-corrected chi connectivity index (χ3v) is 4.58. The minimum atomic E-state index is -0.414. The van der Waals surface area contributed by atoms with Crippen LogP contribution in [0.2, 0.25) is 0 Å². The molecule has 2 rings (SSSR count). The molecule has 0 bridgehead atoms. The van der Waals surface area contributed by atoms with Crippen LogP contribution in [0.25, 0.3) is 5.57 Å². The molecule has 0 aliphatic rings. The second-order valence-electron chi connectivity index (χ2n) is 6.68. The topological polar surface area (TPSA) is 87.3 Å². The number of nitrogens with zero attached hydrogens (tertiary/aromatic N) is 3. The first kappa shape index (κ1) is 20.4. The smallest absolute Gasteiger partial charge is 0.277 e. The van der Waals surface area contributed by atoms with E-state index in [4.69, 9.17) is 4.74 Å². The minimum Gasteiger partial charge on any atom is -0.477 e. The molecule has 7 nitrogen and oxygen atoms in total. The van der Waals surface area contributed by atoms with E-state index in [0.717, 1.165) is 17.6 Å². The van der Waals surface area contributed by atoms with Crippen molar-refractivity contribution in [3.05, 3.63) is 56.3 Å². The number of allylic oxidation sites excluding steroid dienone is 2. The summed E-state index contributed by atoms with van der Waals surface area (Å²) < 4.78 is 7.20. The Kier molecular flexibility index (Phi) is 6.15. The number of hydrogen-bond acceptors (Lipinski definition) is 5. The van der Waals surface area contributed by atoms with Gasteiger partial charge in [-0.15, -0.1) is 0 Å². The lowest BCUT2D eigenvalue weighted by Gasteiger charge is -2.14. The molecule has 144 valence electrons. The van der Waals surface area contributed by atoms with Gasteiger partial charge in [-0.25, -0.2) is 4.68 Å². The Labute approximate surface area is 158 Å². The molecular formula is C20H25N3O4. The van der Waals surface area contributed by atoms with Gasteiger partial charge in [0.15, 0.2) is 5.78 Å². The lowest BCUT2D eigenvalue weighted by molar-refractivity contribution is -0.385. The van der Waals surface area contributed by atoms with Crippen molar-refractivity contribution in [1.82, 2.24) is 9.78 Å². The maximum atomic E-state index is 13.2. The van der Waals surface area contributed by atoms with Gasteiger partial charge in [-0.05, 0) is 51.3 Å². The highest BCUT2D eigenvalue weighted by molar-refractivity contribution is 6.12. The zero-order valence-corrected chi connectivity index (χ0v) is 16.6. The van der Waals surface area contributed by atoms with Crippen molar-refractivity contribution in [2.75, 3.05) is 6.61 Å². The predicted molar refractivity (Wildman–Crippen MR) is 104 cm³/mol. The minimum absolute atomic E-state index is 0.00334. The standard InChI is InChI=1S/C20H25N3O4/c1-7-10-27-20-16(11-21-22(20)6)19(24)15-8-9-17(23(25)26)18(14(15)5)13(4)12(2)3/h8-9,11H,7,10H2,1-6H3. The highest BCUT2D eigenvalue weighted by atomic mass is 16.6. The van der Waals surface area contributed by atoms with Crippen molar-refractivity contribution in [2.45, 2.75) is 41.0 Å². The molecule has 7 heteroatoms. The average Bonchev–Trinajstić information content (AvgIpc) is 2.98. The molecule has 0 N–H and O–H groups in total. The van der Waals surface area contributed by atoms with Gasteiger partial charge in [0.1, 0.15) is 5.56 Å². The molecule has 0 amide bonds. The molecule has 1 heterocycles. The van der Waals surface area contributed by atoms with Crippen molar-refractivity contribution in [3.63, 3.8) is 0 Å². The van der Waals surface area contributed by atoms with Crippen molar-refractivity contribution in [2.24, 2.45) is 7.05 Å². The molecular weight excluding hydrogens is 346 g/mol. The molecule has 0 saturated heterocycles. The summed E-state index contributed by atoms with van der Waals surface area (Å²) in [5.74, 6) is 0.143. The Morgan fingerprint density at radius 3 is 2.48 bits per heavy atom. The van der Waals surface area contributed by atoms with Gasteiger partial charge in [-0.3, -0.25) is 14.9 Å². The van der Waals surface area contributed by atoms with E-state index in [2.05, 4.69) is 5.10 Å². The average molecular weight is 371 g/mol. The summed E-state index contributed by atoms with van der Waals surface area (Å²) in [6.07, 6.45) is 2.28. The van der Waals surface area contributed by atoms with Gasteiger partial charge in [0, 0.05) is 18.7 Å². The molecule has 0 atom stereocenters. The van der Waals surface area contributed by atoms with Crippen molar-refractivity contribution >= 4 is 17.0 Å². The number of benzene rings is 1. The lowest BCUT2D eigenvalue weighted by atomic mass is 9.90. The monoisotopic (exact) mass is 371 g/mol. The number of rotatable bonds is 7. The number of carbonyl (C=O) groups is 1. The Bertz CT molecular complexity index is 922. The summed E-state index contributed by atoms with van der Waals surface area (Å²) in [6, 6.07) is 2.90. The number of aromatic nitrogens is 2. The Morgan fingerprint density at radius 2 is 1.93 bits per heavy atom. The molecule has 0 aliphatic heterocycles. The SMILES string of the molecule is CCCOc1c(C(=O)c2ccc([N+](=O)[O-])c(C(C)=C(C)C)c2C)cnn1C. The zero-order chi connectivity index (χ0) is 20.3. The fourth-order valence-corrected chi connectivity index (χ4v) is 2.92. The van der Waals surface area contributed by atoms with Crippen LogP contribution in [0.3, 0.4) is 0 Å². The second-order valence-corrected chi connectivity index (χ2v) is 6.68. The molecule has 0 spiro atoms. The second kappa shape index (κ2) is 8.16. The van der Waals surface area contributed by atoms with Gasteiger partial charge >= 0.3 is 0 Å². The van der Waals surface area contributed by atoms with E-state index >= 15 is 0 Å². The summed E-state index contributed by atoms with van der Waals surface area (Å²) in [4.78, 5) is 24.2. The maximum absolute atomic E-state index is 13.2. The Hall–Kier alpha value is -2.96. The van der Waals surface area contributed by atoms with Crippen molar-refractivity contribution < 1.29 is 14.5 Å².